The van der Waals surface area contributed by atoms with Gasteiger partial charge in [0.1, 0.15) is 0 Å². The molecule has 0 N–H and O–H groups in total. The average molecular weight is 450 g/mol. The Balaban J connectivity index is 1.56. The Kier molecular flexibility index (Phi) is 4.46. The zero-order chi connectivity index (χ0) is 21.9. The minimum absolute atomic E-state index is 0.0556. The van der Waals surface area contributed by atoms with E-state index >= 15 is 0 Å². The SMILES string of the molecule is CC(C)(C)c1cc(-c2nccc3cc(-c4ccc5sccc5c4)sc23)cc2ccccc12. The molecule has 6 aromatic rings. The molecule has 3 heteroatoms. The number of thiophene rings is 2. The Morgan fingerprint density at radius 3 is 2.47 bits per heavy atom. The fourth-order valence-electron chi connectivity index (χ4n) is 4.50. The van der Waals surface area contributed by atoms with Crippen molar-refractivity contribution in [3.8, 4) is 21.7 Å². The van der Waals surface area contributed by atoms with Gasteiger partial charge in [0.05, 0.1) is 10.4 Å². The van der Waals surface area contributed by atoms with E-state index in [1.807, 2.05) is 17.5 Å². The molecule has 0 aliphatic heterocycles. The number of rotatable bonds is 2. The quantitative estimate of drug-likeness (QED) is 0.257. The molecule has 156 valence electrons. The predicted molar refractivity (Wildman–Crippen MR) is 142 cm³/mol. The molecule has 3 heterocycles. The number of fused-ring (bicyclic) bond motifs is 3. The van der Waals surface area contributed by atoms with Gasteiger partial charge < -0.3 is 0 Å². The summed E-state index contributed by atoms with van der Waals surface area (Å²) in [6.45, 7) is 6.86. The lowest BCUT2D eigenvalue weighted by molar-refractivity contribution is 0.596. The summed E-state index contributed by atoms with van der Waals surface area (Å²) in [7, 11) is 0. The summed E-state index contributed by atoms with van der Waals surface area (Å²) < 4.78 is 2.59. The third kappa shape index (κ3) is 3.24. The smallest absolute Gasteiger partial charge is 0.0880 e. The van der Waals surface area contributed by atoms with Gasteiger partial charge in [-0.25, -0.2) is 0 Å². The van der Waals surface area contributed by atoms with E-state index in [1.54, 1.807) is 11.3 Å². The van der Waals surface area contributed by atoms with E-state index in [0.29, 0.717) is 0 Å². The largest absolute Gasteiger partial charge is 0.255 e. The highest BCUT2D eigenvalue weighted by Crippen LogP contribution is 2.41. The van der Waals surface area contributed by atoms with E-state index in [2.05, 4.69) is 98.9 Å². The number of benzene rings is 3. The first kappa shape index (κ1) is 19.7. The molecule has 32 heavy (non-hydrogen) atoms. The highest BCUT2D eigenvalue weighted by molar-refractivity contribution is 7.22. The van der Waals surface area contributed by atoms with Gasteiger partial charge in [-0.2, -0.15) is 0 Å². The van der Waals surface area contributed by atoms with Gasteiger partial charge in [-0.05, 0) is 85.9 Å². The lowest BCUT2D eigenvalue weighted by Crippen LogP contribution is -2.12. The normalized spacial score (nSPS) is 12.2. The summed E-state index contributed by atoms with van der Waals surface area (Å²) in [4.78, 5) is 6.16. The van der Waals surface area contributed by atoms with Crippen molar-refractivity contribution in [3.05, 3.63) is 89.9 Å². The molecule has 0 saturated heterocycles. The van der Waals surface area contributed by atoms with Crippen LogP contribution in [-0.2, 0) is 5.41 Å². The molecule has 3 aromatic carbocycles. The number of hydrogen-bond donors (Lipinski definition) is 0. The summed E-state index contributed by atoms with van der Waals surface area (Å²) in [5.74, 6) is 0. The second kappa shape index (κ2) is 7.26. The van der Waals surface area contributed by atoms with Gasteiger partial charge in [-0.3, -0.25) is 4.98 Å². The highest BCUT2D eigenvalue weighted by Gasteiger charge is 2.20. The molecular weight excluding hydrogens is 426 g/mol. The molecule has 0 unspecified atom stereocenters. The van der Waals surface area contributed by atoms with Crippen LogP contribution in [0.1, 0.15) is 26.3 Å². The molecule has 1 nitrogen and oxygen atoms in total. The summed E-state index contributed by atoms with van der Waals surface area (Å²) in [5, 5.41) is 7.33. The van der Waals surface area contributed by atoms with Crippen molar-refractivity contribution in [2.75, 3.05) is 0 Å². The molecule has 0 atom stereocenters. The van der Waals surface area contributed by atoms with E-state index in [0.717, 1.165) is 5.69 Å². The van der Waals surface area contributed by atoms with E-state index in [1.165, 1.54) is 52.5 Å². The fourth-order valence-corrected chi connectivity index (χ4v) is 6.43. The van der Waals surface area contributed by atoms with E-state index < -0.39 is 0 Å². The standard InChI is InChI=1S/C29H23NS2/c1-29(2,3)24-16-22(14-18-6-4-5-7-23(18)24)27-28-21(10-12-30-27)17-26(32-28)19-8-9-25-20(15-19)11-13-31-25/h4-17H,1-3H3. The van der Waals surface area contributed by atoms with E-state index in [9.17, 15) is 0 Å². The third-order valence-electron chi connectivity index (χ3n) is 6.11. The zero-order valence-electron chi connectivity index (χ0n) is 18.3. The molecule has 3 aromatic heterocycles. The van der Waals surface area contributed by atoms with E-state index in [-0.39, 0.29) is 5.41 Å². The fraction of sp³-hybridized carbons (Fsp3) is 0.138. The summed E-state index contributed by atoms with van der Waals surface area (Å²) >= 11 is 3.64. The van der Waals surface area contributed by atoms with Gasteiger partial charge in [0, 0.05) is 21.3 Å². The first-order valence-electron chi connectivity index (χ1n) is 10.9. The topological polar surface area (TPSA) is 12.9 Å². The van der Waals surface area contributed by atoms with Crippen molar-refractivity contribution in [2.45, 2.75) is 26.2 Å². The van der Waals surface area contributed by atoms with Crippen LogP contribution >= 0.6 is 22.7 Å². The minimum Gasteiger partial charge on any atom is -0.255 e. The van der Waals surface area contributed by atoms with Gasteiger partial charge in [0.15, 0.2) is 0 Å². The molecular formula is C29H23NS2. The van der Waals surface area contributed by atoms with Gasteiger partial charge in [-0.15, -0.1) is 22.7 Å². The Labute approximate surface area is 196 Å². The van der Waals surface area contributed by atoms with Crippen LogP contribution in [0.15, 0.2) is 84.4 Å². The Morgan fingerprint density at radius 1 is 0.750 bits per heavy atom. The lowest BCUT2D eigenvalue weighted by atomic mass is 9.82. The van der Waals surface area contributed by atoms with Crippen molar-refractivity contribution in [1.29, 1.82) is 0 Å². The minimum atomic E-state index is 0.0556. The Hall–Kier alpha value is -3.01. The van der Waals surface area contributed by atoms with Crippen LogP contribution in [0, 0.1) is 0 Å². The van der Waals surface area contributed by atoms with Crippen LogP contribution in [0.4, 0.5) is 0 Å². The van der Waals surface area contributed by atoms with Crippen LogP contribution in [0.3, 0.4) is 0 Å². The lowest BCUT2D eigenvalue weighted by Gasteiger charge is -2.22. The second-order valence-corrected chi connectivity index (χ2v) is 11.4. The van der Waals surface area contributed by atoms with E-state index in [4.69, 9.17) is 4.98 Å². The van der Waals surface area contributed by atoms with Crippen molar-refractivity contribution >= 4 is 53.6 Å². The molecule has 0 amide bonds. The number of nitrogens with zero attached hydrogens (tertiary/aromatic N) is 1. The molecule has 0 saturated carbocycles. The Bertz CT molecular complexity index is 1610. The monoisotopic (exact) mass is 449 g/mol. The van der Waals surface area contributed by atoms with Gasteiger partial charge >= 0.3 is 0 Å². The highest BCUT2D eigenvalue weighted by atomic mass is 32.1. The van der Waals surface area contributed by atoms with Gasteiger partial charge in [0.2, 0.25) is 0 Å². The Morgan fingerprint density at radius 2 is 1.59 bits per heavy atom. The number of hydrogen-bond acceptors (Lipinski definition) is 3. The summed E-state index contributed by atoms with van der Waals surface area (Å²) in [5.41, 5.74) is 4.97. The first-order chi connectivity index (χ1) is 15.5. The van der Waals surface area contributed by atoms with Crippen LogP contribution in [-0.4, -0.2) is 4.98 Å². The maximum atomic E-state index is 4.87. The zero-order valence-corrected chi connectivity index (χ0v) is 20.0. The second-order valence-electron chi connectivity index (χ2n) is 9.36. The van der Waals surface area contributed by atoms with Gasteiger partial charge in [0.25, 0.3) is 0 Å². The average Bonchev–Trinajstić information content (AvgIpc) is 3.43. The number of pyridine rings is 1. The maximum absolute atomic E-state index is 4.87. The van der Waals surface area contributed by atoms with Crippen LogP contribution in [0.2, 0.25) is 0 Å². The van der Waals surface area contributed by atoms with Crippen molar-refractivity contribution in [1.82, 2.24) is 4.98 Å². The van der Waals surface area contributed by atoms with Crippen LogP contribution < -0.4 is 0 Å². The molecule has 0 aliphatic carbocycles. The predicted octanol–water partition coefficient (Wildman–Crippen LogP) is 9.30. The maximum Gasteiger partial charge on any atom is 0.0880 e. The summed E-state index contributed by atoms with van der Waals surface area (Å²) in [6, 6.07) is 26.8. The molecule has 0 spiro atoms. The molecule has 6 rings (SSSR count). The summed E-state index contributed by atoms with van der Waals surface area (Å²) in [6.07, 6.45) is 1.95. The van der Waals surface area contributed by atoms with Crippen molar-refractivity contribution in [2.24, 2.45) is 0 Å². The van der Waals surface area contributed by atoms with Crippen molar-refractivity contribution < 1.29 is 0 Å². The number of aromatic nitrogens is 1. The van der Waals surface area contributed by atoms with Gasteiger partial charge in [-0.1, -0.05) is 51.1 Å². The molecule has 0 radical (unpaired) electrons. The molecule has 0 fully saturated rings. The van der Waals surface area contributed by atoms with Crippen molar-refractivity contribution in [3.63, 3.8) is 0 Å². The molecule has 0 bridgehead atoms. The molecule has 0 aliphatic rings. The van der Waals surface area contributed by atoms with Crippen LogP contribution in [0.25, 0.3) is 52.6 Å². The first-order valence-corrected chi connectivity index (χ1v) is 12.6. The third-order valence-corrected chi connectivity index (χ3v) is 8.22. The van der Waals surface area contributed by atoms with Crippen LogP contribution in [0.5, 0.6) is 0 Å².